The fourth-order valence-electron chi connectivity index (χ4n) is 3.62. The van der Waals surface area contributed by atoms with Gasteiger partial charge in [0, 0.05) is 44.8 Å². The van der Waals surface area contributed by atoms with Gasteiger partial charge in [0.05, 0.1) is 6.61 Å². The van der Waals surface area contributed by atoms with Crippen LogP contribution >= 0.6 is 0 Å². The molecule has 0 N–H and O–H groups in total. The number of piperazine rings is 1. The smallest absolute Gasteiger partial charge is 0.410 e. The Morgan fingerprint density at radius 1 is 1.04 bits per heavy atom. The molecule has 3 rings (SSSR count). The van der Waals surface area contributed by atoms with Gasteiger partial charge in [0.15, 0.2) is 0 Å². The van der Waals surface area contributed by atoms with Gasteiger partial charge in [-0.15, -0.1) is 0 Å². The molecule has 2 fully saturated rings. The lowest BCUT2D eigenvalue weighted by Gasteiger charge is -2.49. The van der Waals surface area contributed by atoms with Crippen LogP contribution < -0.4 is 0 Å². The molecule has 2 aliphatic rings. The fourth-order valence-corrected chi connectivity index (χ4v) is 3.62. The Morgan fingerprint density at radius 3 is 2.46 bits per heavy atom. The molecule has 154 valence electrons. The number of carbonyl (C=O) groups is 2. The maximum Gasteiger partial charge on any atom is 0.410 e. The highest BCUT2D eigenvalue weighted by molar-refractivity contribution is 5.69. The van der Waals surface area contributed by atoms with Gasteiger partial charge < -0.3 is 19.3 Å². The summed E-state index contributed by atoms with van der Waals surface area (Å²) in [7, 11) is 0. The maximum atomic E-state index is 12.2. The van der Waals surface area contributed by atoms with Crippen molar-refractivity contribution in [2.24, 2.45) is 0 Å². The van der Waals surface area contributed by atoms with E-state index < -0.39 is 0 Å². The number of rotatable bonds is 6. The van der Waals surface area contributed by atoms with Crippen LogP contribution in [0.5, 0.6) is 0 Å². The van der Waals surface area contributed by atoms with Crippen LogP contribution in [0.3, 0.4) is 0 Å². The average Bonchev–Trinajstić information content (AvgIpc) is 2.66. The summed E-state index contributed by atoms with van der Waals surface area (Å²) >= 11 is 0. The van der Waals surface area contributed by atoms with Crippen LogP contribution in [0, 0.1) is 0 Å². The molecule has 2 amide bonds. The van der Waals surface area contributed by atoms with Crippen molar-refractivity contribution in [1.82, 2.24) is 14.7 Å². The van der Waals surface area contributed by atoms with Gasteiger partial charge in [-0.1, -0.05) is 43.7 Å². The largest absolute Gasteiger partial charge is 0.449 e. The first-order chi connectivity index (χ1) is 13.6. The normalized spacial score (nSPS) is 20.6. The van der Waals surface area contributed by atoms with Crippen molar-refractivity contribution < 1.29 is 19.1 Å². The molecule has 2 aliphatic heterocycles. The van der Waals surface area contributed by atoms with Crippen molar-refractivity contribution in [2.45, 2.75) is 45.4 Å². The van der Waals surface area contributed by atoms with E-state index in [-0.39, 0.29) is 18.2 Å². The summed E-state index contributed by atoms with van der Waals surface area (Å²) in [5, 5.41) is 0. The van der Waals surface area contributed by atoms with Crippen LogP contribution in [0.15, 0.2) is 30.3 Å². The predicted octanol–water partition coefficient (Wildman–Crippen LogP) is 2.95. The number of nitrogens with zero attached hydrogens (tertiary/aromatic N) is 3. The second kappa shape index (κ2) is 9.78. The monoisotopic (exact) mass is 389 g/mol. The highest BCUT2D eigenvalue weighted by Crippen LogP contribution is 2.21. The summed E-state index contributed by atoms with van der Waals surface area (Å²) in [6.45, 7) is 8.57. The van der Waals surface area contributed by atoms with Crippen LogP contribution in [0.2, 0.25) is 0 Å². The first kappa shape index (κ1) is 20.5. The Balaban J connectivity index is 1.37. The summed E-state index contributed by atoms with van der Waals surface area (Å²) in [5.41, 5.74) is 0.990. The molecule has 7 heteroatoms. The Bertz CT molecular complexity index is 648. The molecule has 0 bridgehead atoms. The van der Waals surface area contributed by atoms with E-state index in [0.717, 1.165) is 31.5 Å². The summed E-state index contributed by atoms with van der Waals surface area (Å²) in [4.78, 5) is 30.3. The van der Waals surface area contributed by atoms with Gasteiger partial charge in [-0.3, -0.25) is 4.90 Å². The Labute approximate surface area is 167 Å². The standard InChI is InChI=1S/C21H31N3O4/c1-3-4-12-27-21(26)24-11-10-22(13-17(24)2)19-14-23(15-19)20(25)28-16-18-8-6-5-7-9-18/h5-9,17,19H,3-4,10-16H2,1-2H3/t17-/m0/s1. The van der Waals surface area contributed by atoms with Crippen LogP contribution in [-0.4, -0.2) is 78.3 Å². The molecule has 7 nitrogen and oxygen atoms in total. The van der Waals surface area contributed by atoms with E-state index in [2.05, 4.69) is 18.7 Å². The first-order valence-electron chi connectivity index (χ1n) is 10.2. The molecule has 1 aromatic carbocycles. The van der Waals surface area contributed by atoms with Crippen LogP contribution in [0.25, 0.3) is 0 Å². The summed E-state index contributed by atoms with van der Waals surface area (Å²) in [6.07, 6.45) is 1.45. The third kappa shape index (κ3) is 5.16. The van der Waals surface area contributed by atoms with Gasteiger partial charge in [-0.05, 0) is 18.9 Å². The van der Waals surface area contributed by atoms with Crippen LogP contribution in [0.4, 0.5) is 9.59 Å². The first-order valence-corrected chi connectivity index (χ1v) is 10.2. The number of unbranched alkanes of at least 4 members (excludes halogenated alkanes) is 1. The fraction of sp³-hybridized carbons (Fsp3) is 0.619. The molecular formula is C21H31N3O4. The SMILES string of the molecule is CCCCOC(=O)N1CCN(C2CN(C(=O)OCc3ccccc3)C2)C[C@@H]1C. The molecule has 2 saturated heterocycles. The quantitative estimate of drug-likeness (QED) is 0.700. The highest BCUT2D eigenvalue weighted by atomic mass is 16.6. The molecule has 2 heterocycles. The van der Waals surface area contributed by atoms with Gasteiger partial charge in [0.2, 0.25) is 0 Å². The third-order valence-electron chi connectivity index (χ3n) is 5.46. The molecule has 0 aromatic heterocycles. The van der Waals surface area contributed by atoms with E-state index in [9.17, 15) is 9.59 Å². The lowest BCUT2D eigenvalue weighted by atomic mass is 10.0. The summed E-state index contributed by atoms with van der Waals surface area (Å²) in [5.74, 6) is 0. The highest BCUT2D eigenvalue weighted by Gasteiger charge is 2.39. The van der Waals surface area contributed by atoms with E-state index in [1.807, 2.05) is 35.2 Å². The van der Waals surface area contributed by atoms with Gasteiger partial charge in [-0.25, -0.2) is 9.59 Å². The number of hydrogen-bond acceptors (Lipinski definition) is 5. The zero-order chi connectivity index (χ0) is 19.9. The molecule has 1 atom stereocenters. The Kier molecular flexibility index (Phi) is 7.14. The summed E-state index contributed by atoms with van der Waals surface area (Å²) < 4.78 is 10.7. The van der Waals surface area contributed by atoms with Crippen molar-refractivity contribution in [1.29, 1.82) is 0 Å². The third-order valence-corrected chi connectivity index (χ3v) is 5.46. The van der Waals surface area contributed by atoms with Crippen molar-refractivity contribution >= 4 is 12.2 Å². The van der Waals surface area contributed by atoms with Gasteiger partial charge in [0.1, 0.15) is 6.61 Å². The number of ether oxygens (including phenoxy) is 2. The molecular weight excluding hydrogens is 358 g/mol. The van der Waals surface area contributed by atoms with Crippen molar-refractivity contribution in [3.05, 3.63) is 35.9 Å². The van der Waals surface area contributed by atoms with Crippen molar-refractivity contribution in [2.75, 3.05) is 39.3 Å². The molecule has 0 unspecified atom stereocenters. The number of benzene rings is 1. The van der Waals surface area contributed by atoms with Crippen LogP contribution in [-0.2, 0) is 16.1 Å². The van der Waals surface area contributed by atoms with E-state index in [0.29, 0.717) is 38.9 Å². The van der Waals surface area contributed by atoms with E-state index >= 15 is 0 Å². The summed E-state index contributed by atoms with van der Waals surface area (Å²) in [6, 6.07) is 10.1. The number of likely N-dealkylation sites (tertiary alicyclic amines) is 1. The number of hydrogen-bond donors (Lipinski definition) is 0. The minimum Gasteiger partial charge on any atom is -0.449 e. The minimum atomic E-state index is -0.258. The van der Waals surface area contributed by atoms with Gasteiger partial charge in [-0.2, -0.15) is 0 Å². The lowest BCUT2D eigenvalue weighted by molar-refractivity contribution is -0.0144. The minimum absolute atomic E-state index is 0.113. The second-order valence-electron chi connectivity index (χ2n) is 7.60. The number of carbonyl (C=O) groups excluding carboxylic acids is 2. The maximum absolute atomic E-state index is 12.2. The van der Waals surface area contributed by atoms with Crippen molar-refractivity contribution in [3.8, 4) is 0 Å². The molecule has 28 heavy (non-hydrogen) atoms. The predicted molar refractivity (Wildman–Crippen MR) is 106 cm³/mol. The Hall–Kier alpha value is -2.28. The van der Waals surface area contributed by atoms with Crippen molar-refractivity contribution in [3.63, 3.8) is 0 Å². The number of amides is 2. The lowest BCUT2D eigenvalue weighted by Crippen LogP contribution is -2.66. The van der Waals surface area contributed by atoms with Crippen LogP contribution in [0.1, 0.15) is 32.3 Å². The zero-order valence-corrected chi connectivity index (χ0v) is 16.9. The zero-order valence-electron chi connectivity index (χ0n) is 16.9. The van der Waals surface area contributed by atoms with E-state index in [1.165, 1.54) is 0 Å². The molecule has 0 aliphatic carbocycles. The molecule has 0 saturated carbocycles. The molecule has 0 radical (unpaired) electrons. The van der Waals surface area contributed by atoms with E-state index in [4.69, 9.17) is 9.47 Å². The average molecular weight is 389 g/mol. The molecule has 0 spiro atoms. The molecule has 1 aromatic rings. The van der Waals surface area contributed by atoms with Gasteiger partial charge in [0.25, 0.3) is 0 Å². The van der Waals surface area contributed by atoms with Gasteiger partial charge >= 0.3 is 12.2 Å². The Morgan fingerprint density at radius 2 is 1.79 bits per heavy atom. The topological polar surface area (TPSA) is 62.3 Å². The second-order valence-corrected chi connectivity index (χ2v) is 7.60. The van der Waals surface area contributed by atoms with E-state index in [1.54, 1.807) is 4.90 Å².